The molecule has 5 nitrogen and oxygen atoms in total. The topological polar surface area (TPSA) is 52.7 Å². The molecule has 0 unspecified atom stereocenters. The molecule has 26 heavy (non-hydrogen) atoms. The lowest BCUT2D eigenvalue weighted by Crippen LogP contribution is -2.45. The van der Waals surface area contributed by atoms with E-state index in [0.29, 0.717) is 17.1 Å². The molecule has 3 amide bonds. The summed E-state index contributed by atoms with van der Waals surface area (Å²) in [4.78, 5) is 28.8. The number of anilines is 1. The molecule has 2 aliphatic rings. The van der Waals surface area contributed by atoms with E-state index in [2.05, 4.69) is 5.32 Å². The van der Waals surface area contributed by atoms with E-state index in [1.807, 2.05) is 43.3 Å². The summed E-state index contributed by atoms with van der Waals surface area (Å²) in [6.07, 6.45) is 0. The minimum absolute atomic E-state index is 0.111. The number of urea groups is 1. The zero-order chi connectivity index (χ0) is 18.4. The van der Waals surface area contributed by atoms with Crippen molar-refractivity contribution in [1.82, 2.24) is 10.2 Å². The monoisotopic (exact) mass is 367 g/mol. The standard InChI is InChI=1S/C20H18ClN3O2/c1-12-6-8-13(9-7-12)18-17-16(23(2)20(26)22-18)11-24(19(17)25)15-5-3-4-14(21)10-15/h3-10,18H,11H2,1-2H3,(H,22,26)/t18-/m0/s1. The number of nitrogens with zero attached hydrogens (tertiary/aromatic N) is 2. The van der Waals surface area contributed by atoms with E-state index in [0.717, 1.165) is 22.5 Å². The molecule has 0 fully saturated rings. The van der Waals surface area contributed by atoms with Gasteiger partial charge in [-0.25, -0.2) is 4.79 Å². The van der Waals surface area contributed by atoms with Crippen molar-refractivity contribution in [3.05, 3.63) is 76.0 Å². The maximum Gasteiger partial charge on any atom is 0.322 e. The van der Waals surface area contributed by atoms with Crippen LogP contribution in [0.5, 0.6) is 0 Å². The Hall–Kier alpha value is -2.79. The number of hydrogen-bond acceptors (Lipinski definition) is 2. The molecular weight excluding hydrogens is 350 g/mol. The molecule has 0 saturated carbocycles. The second-order valence-corrected chi connectivity index (χ2v) is 7.02. The van der Waals surface area contributed by atoms with Crippen LogP contribution in [0.3, 0.4) is 0 Å². The van der Waals surface area contributed by atoms with E-state index in [9.17, 15) is 9.59 Å². The van der Waals surface area contributed by atoms with Crippen LogP contribution in [0, 0.1) is 6.92 Å². The fraction of sp³-hybridized carbons (Fsp3) is 0.200. The van der Waals surface area contributed by atoms with Gasteiger partial charge in [-0.05, 0) is 30.7 Å². The van der Waals surface area contributed by atoms with Gasteiger partial charge in [0, 0.05) is 17.8 Å². The van der Waals surface area contributed by atoms with Crippen LogP contribution in [0.1, 0.15) is 17.2 Å². The van der Waals surface area contributed by atoms with Crippen LogP contribution in [-0.2, 0) is 4.79 Å². The van der Waals surface area contributed by atoms with Crippen LogP contribution in [0.4, 0.5) is 10.5 Å². The maximum absolute atomic E-state index is 13.2. The smallest absolute Gasteiger partial charge is 0.322 e. The predicted molar refractivity (Wildman–Crippen MR) is 101 cm³/mol. The largest absolute Gasteiger partial charge is 0.327 e. The molecule has 1 atom stereocenters. The highest BCUT2D eigenvalue weighted by atomic mass is 35.5. The number of amides is 3. The molecule has 2 aromatic rings. The van der Waals surface area contributed by atoms with Crippen molar-refractivity contribution in [2.45, 2.75) is 13.0 Å². The van der Waals surface area contributed by atoms with Crippen molar-refractivity contribution in [3.8, 4) is 0 Å². The van der Waals surface area contributed by atoms with Gasteiger partial charge in [0.15, 0.2) is 0 Å². The molecule has 0 saturated heterocycles. The Morgan fingerprint density at radius 2 is 1.85 bits per heavy atom. The van der Waals surface area contributed by atoms with Crippen LogP contribution in [0.25, 0.3) is 0 Å². The molecule has 132 valence electrons. The Bertz CT molecular complexity index is 936. The average molecular weight is 368 g/mol. The number of likely N-dealkylation sites (N-methyl/N-ethyl adjacent to an activating group) is 1. The first-order valence-corrected chi connectivity index (χ1v) is 8.75. The number of aryl methyl sites for hydroxylation is 1. The highest BCUT2D eigenvalue weighted by Gasteiger charge is 2.43. The van der Waals surface area contributed by atoms with E-state index in [1.54, 1.807) is 24.1 Å². The third-order valence-corrected chi connectivity index (χ3v) is 5.13. The number of rotatable bonds is 2. The van der Waals surface area contributed by atoms with Crippen molar-refractivity contribution >= 4 is 29.2 Å². The van der Waals surface area contributed by atoms with Gasteiger partial charge in [0.05, 0.1) is 23.9 Å². The lowest BCUT2D eigenvalue weighted by atomic mass is 9.95. The Morgan fingerprint density at radius 3 is 2.54 bits per heavy atom. The molecule has 0 spiro atoms. The Morgan fingerprint density at radius 1 is 1.12 bits per heavy atom. The van der Waals surface area contributed by atoms with Crippen molar-refractivity contribution in [3.63, 3.8) is 0 Å². The quantitative estimate of drug-likeness (QED) is 0.880. The van der Waals surface area contributed by atoms with Crippen molar-refractivity contribution < 1.29 is 9.59 Å². The molecule has 1 N–H and O–H groups in total. The summed E-state index contributed by atoms with van der Waals surface area (Å²) in [7, 11) is 1.69. The highest BCUT2D eigenvalue weighted by molar-refractivity contribution is 6.31. The van der Waals surface area contributed by atoms with E-state index in [1.165, 1.54) is 4.90 Å². The third kappa shape index (κ3) is 2.65. The van der Waals surface area contributed by atoms with Gasteiger partial charge in [-0.3, -0.25) is 9.69 Å². The molecule has 0 radical (unpaired) electrons. The highest BCUT2D eigenvalue weighted by Crippen LogP contribution is 2.37. The number of hydrogen-bond donors (Lipinski definition) is 1. The maximum atomic E-state index is 13.2. The number of carbonyl (C=O) groups excluding carboxylic acids is 2. The van der Waals surface area contributed by atoms with Gasteiger partial charge >= 0.3 is 6.03 Å². The number of carbonyl (C=O) groups is 2. The summed E-state index contributed by atoms with van der Waals surface area (Å²) in [5.74, 6) is -0.111. The zero-order valence-electron chi connectivity index (χ0n) is 14.5. The van der Waals surface area contributed by atoms with E-state index >= 15 is 0 Å². The average Bonchev–Trinajstić information content (AvgIpc) is 2.97. The van der Waals surface area contributed by atoms with Gasteiger partial charge in [-0.15, -0.1) is 0 Å². The first-order valence-electron chi connectivity index (χ1n) is 8.37. The van der Waals surface area contributed by atoms with E-state index < -0.39 is 6.04 Å². The van der Waals surface area contributed by atoms with Crippen LogP contribution in [0.2, 0.25) is 5.02 Å². The lowest BCUT2D eigenvalue weighted by molar-refractivity contribution is -0.114. The molecule has 2 aliphatic heterocycles. The SMILES string of the molecule is Cc1ccc([C@@H]2NC(=O)N(C)C3=C2C(=O)N(c2cccc(Cl)c2)C3)cc1. The van der Waals surface area contributed by atoms with Gasteiger partial charge in [0.25, 0.3) is 5.91 Å². The van der Waals surface area contributed by atoms with Crippen LogP contribution >= 0.6 is 11.6 Å². The molecule has 0 aliphatic carbocycles. The molecular formula is C20H18ClN3O2. The Labute approximate surface area is 156 Å². The van der Waals surface area contributed by atoms with Crippen LogP contribution < -0.4 is 10.2 Å². The number of benzene rings is 2. The minimum Gasteiger partial charge on any atom is -0.327 e. The summed E-state index contributed by atoms with van der Waals surface area (Å²) in [6.45, 7) is 2.35. The second kappa shape index (κ2) is 6.18. The van der Waals surface area contributed by atoms with Gasteiger partial charge in [0.1, 0.15) is 0 Å². The van der Waals surface area contributed by atoms with Gasteiger partial charge < -0.3 is 10.2 Å². The van der Waals surface area contributed by atoms with Gasteiger partial charge in [-0.1, -0.05) is 47.5 Å². The Kier molecular flexibility index (Phi) is 3.96. The van der Waals surface area contributed by atoms with Crippen molar-refractivity contribution in [1.29, 1.82) is 0 Å². The zero-order valence-corrected chi connectivity index (χ0v) is 15.2. The fourth-order valence-corrected chi connectivity index (χ4v) is 3.61. The van der Waals surface area contributed by atoms with Crippen molar-refractivity contribution in [2.24, 2.45) is 0 Å². The van der Waals surface area contributed by atoms with E-state index in [4.69, 9.17) is 11.6 Å². The summed E-state index contributed by atoms with van der Waals surface area (Å²) >= 11 is 6.09. The molecule has 0 bridgehead atoms. The van der Waals surface area contributed by atoms with Crippen LogP contribution in [-0.4, -0.2) is 30.4 Å². The van der Waals surface area contributed by atoms with Crippen LogP contribution in [0.15, 0.2) is 59.8 Å². The first kappa shape index (κ1) is 16.7. The van der Waals surface area contributed by atoms with Gasteiger partial charge in [0.2, 0.25) is 0 Å². The predicted octanol–water partition coefficient (Wildman–Crippen LogP) is 3.65. The second-order valence-electron chi connectivity index (χ2n) is 6.58. The summed E-state index contributed by atoms with van der Waals surface area (Å²) in [5.41, 5.74) is 4.08. The molecule has 0 aromatic heterocycles. The number of nitrogens with one attached hydrogen (secondary N) is 1. The summed E-state index contributed by atoms with van der Waals surface area (Å²) in [6, 6.07) is 14.4. The van der Waals surface area contributed by atoms with E-state index in [-0.39, 0.29) is 11.9 Å². The van der Waals surface area contributed by atoms with Crippen molar-refractivity contribution in [2.75, 3.05) is 18.5 Å². The third-order valence-electron chi connectivity index (χ3n) is 4.89. The summed E-state index contributed by atoms with van der Waals surface area (Å²) < 4.78 is 0. The number of halogens is 1. The summed E-state index contributed by atoms with van der Waals surface area (Å²) in [5, 5.41) is 3.51. The fourth-order valence-electron chi connectivity index (χ4n) is 3.43. The molecule has 6 heteroatoms. The lowest BCUT2D eigenvalue weighted by Gasteiger charge is -2.31. The molecule has 2 heterocycles. The normalized spacial score (nSPS) is 19.7. The minimum atomic E-state index is -0.453. The first-order chi connectivity index (χ1) is 12.5. The van der Waals surface area contributed by atoms with Gasteiger partial charge in [-0.2, -0.15) is 0 Å². The molecule has 4 rings (SSSR count). The molecule has 2 aromatic carbocycles. The Balaban J connectivity index is 1.76.